The Hall–Kier alpha value is -2.30. The van der Waals surface area contributed by atoms with Gasteiger partial charge in [-0.2, -0.15) is 0 Å². The van der Waals surface area contributed by atoms with Gasteiger partial charge in [-0.25, -0.2) is 0 Å². The Morgan fingerprint density at radius 1 is 1.23 bits per heavy atom. The van der Waals surface area contributed by atoms with Crippen LogP contribution in [0.2, 0.25) is 0 Å². The van der Waals surface area contributed by atoms with Gasteiger partial charge in [-0.1, -0.05) is 43.3 Å². The summed E-state index contributed by atoms with van der Waals surface area (Å²) in [5.41, 5.74) is 2.88. The Morgan fingerprint density at radius 3 is 2.74 bits per heavy atom. The standard InChI is InChI=1S/C27H36N2O2/c1-4-19(5-2)20-13-15-28-25(17-20)26(30)27(21-9-7-6-8-10-21)14-16-29-24-12-11-22(31-3)18-23(24)27/h4,6-12,18-20,25-26,28-30H,1,5,13-17H2,2-3H3/t19?,20?,25-,26-,27-/m0/s1. The van der Waals surface area contributed by atoms with E-state index >= 15 is 0 Å². The van der Waals surface area contributed by atoms with Crippen LogP contribution in [0.4, 0.5) is 5.69 Å². The first kappa shape index (κ1) is 21.9. The fourth-order valence-corrected chi connectivity index (χ4v) is 5.86. The molecule has 0 bridgehead atoms. The lowest BCUT2D eigenvalue weighted by Crippen LogP contribution is -2.57. The Balaban J connectivity index is 1.78. The van der Waals surface area contributed by atoms with Gasteiger partial charge in [-0.3, -0.25) is 0 Å². The third-order valence-corrected chi connectivity index (χ3v) is 7.58. The molecule has 0 aliphatic carbocycles. The zero-order valence-corrected chi connectivity index (χ0v) is 18.8. The van der Waals surface area contributed by atoms with Crippen LogP contribution in [-0.2, 0) is 5.41 Å². The third-order valence-electron chi connectivity index (χ3n) is 7.58. The molecule has 0 spiro atoms. The highest BCUT2D eigenvalue weighted by atomic mass is 16.5. The first-order valence-corrected chi connectivity index (χ1v) is 11.7. The molecular weight excluding hydrogens is 384 g/mol. The minimum absolute atomic E-state index is 0.0325. The number of aliphatic hydroxyl groups excluding tert-OH is 1. The molecule has 2 aliphatic heterocycles. The van der Waals surface area contributed by atoms with Gasteiger partial charge < -0.3 is 20.5 Å². The molecule has 0 aromatic heterocycles. The predicted molar refractivity (Wildman–Crippen MR) is 128 cm³/mol. The summed E-state index contributed by atoms with van der Waals surface area (Å²) in [7, 11) is 1.70. The van der Waals surface area contributed by atoms with Crippen molar-refractivity contribution in [2.24, 2.45) is 11.8 Å². The van der Waals surface area contributed by atoms with Crippen LogP contribution >= 0.6 is 0 Å². The van der Waals surface area contributed by atoms with E-state index in [0.717, 1.165) is 61.3 Å². The lowest BCUT2D eigenvalue weighted by molar-refractivity contribution is 0.0355. The summed E-state index contributed by atoms with van der Waals surface area (Å²) in [4.78, 5) is 0. The molecular formula is C27H36N2O2. The van der Waals surface area contributed by atoms with Gasteiger partial charge in [0.05, 0.1) is 18.6 Å². The van der Waals surface area contributed by atoms with Gasteiger partial charge in [0.15, 0.2) is 0 Å². The molecule has 2 heterocycles. The maximum absolute atomic E-state index is 12.1. The van der Waals surface area contributed by atoms with E-state index in [-0.39, 0.29) is 6.04 Å². The van der Waals surface area contributed by atoms with Crippen molar-refractivity contribution < 1.29 is 9.84 Å². The monoisotopic (exact) mass is 420 g/mol. The van der Waals surface area contributed by atoms with Crippen LogP contribution < -0.4 is 15.4 Å². The van der Waals surface area contributed by atoms with E-state index in [1.807, 2.05) is 12.1 Å². The summed E-state index contributed by atoms with van der Waals surface area (Å²) in [5, 5.41) is 19.3. The highest BCUT2D eigenvalue weighted by molar-refractivity contribution is 5.63. The molecule has 4 rings (SSSR count). The molecule has 1 fully saturated rings. The van der Waals surface area contributed by atoms with Crippen LogP contribution in [0, 0.1) is 11.8 Å². The first-order chi connectivity index (χ1) is 15.1. The number of hydrogen-bond acceptors (Lipinski definition) is 4. The number of aliphatic hydroxyl groups is 1. The van der Waals surface area contributed by atoms with Crippen molar-refractivity contribution in [1.29, 1.82) is 0 Å². The topological polar surface area (TPSA) is 53.5 Å². The highest BCUT2D eigenvalue weighted by Crippen LogP contribution is 2.48. The second-order valence-electron chi connectivity index (χ2n) is 9.02. The molecule has 2 aliphatic rings. The van der Waals surface area contributed by atoms with Gasteiger partial charge in [0.2, 0.25) is 0 Å². The smallest absolute Gasteiger partial charge is 0.119 e. The van der Waals surface area contributed by atoms with Crippen molar-refractivity contribution in [1.82, 2.24) is 5.32 Å². The first-order valence-electron chi connectivity index (χ1n) is 11.7. The molecule has 2 unspecified atom stereocenters. The molecule has 2 aromatic rings. The zero-order chi connectivity index (χ0) is 21.8. The zero-order valence-electron chi connectivity index (χ0n) is 18.8. The molecule has 31 heavy (non-hydrogen) atoms. The fraction of sp³-hybridized carbons (Fsp3) is 0.481. The highest BCUT2D eigenvalue weighted by Gasteiger charge is 2.48. The summed E-state index contributed by atoms with van der Waals surface area (Å²) in [6.07, 6.45) is 5.60. The van der Waals surface area contributed by atoms with E-state index in [4.69, 9.17) is 4.74 Å². The third kappa shape index (κ3) is 3.99. The Labute approximate surface area is 186 Å². The van der Waals surface area contributed by atoms with Gasteiger partial charge in [0, 0.05) is 18.3 Å². The van der Waals surface area contributed by atoms with Gasteiger partial charge >= 0.3 is 0 Å². The summed E-state index contributed by atoms with van der Waals surface area (Å²) in [5.74, 6) is 1.88. The number of fused-ring (bicyclic) bond motifs is 1. The maximum atomic E-state index is 12.1. The minimum Gasteiger partial charge on any atom is -0.497 e. The quantitative estimate of drug-likeness (QED) is 0.567. The molecule has 5 atom stereocenters. The number of nitrogens with one attached hydrogen (secondary N) is 2. The lowest BCUT2D eigenvalue weighted by Gasteiger charge is -2.48. The summed E-state index contributed by atoms with van der Waals surface area (Å²) < 4.78 is 5.58. The van der Waals surface area contributed by atoms with Crippen LogP contribution in [0.5, 0.6) is 5.75 Å². The largest absolute Gasteiger partial charge is 0.497 e. The lowest BCUT2D eigenvalue weighted by atomic mass is 9.63. The number of rotatable bonds is 7. The Bertz CT molecular complexity index is 884. The van der Waals surface area contributed by atoms with E-state index in [0.29, 0.717) is 11.8 Å². The van der Waals surface area contributed by atoms with Crippen molar-refractivity contribution in [3.63, 3.8) is 0 Å². The molecule has 4 nitrogen and oxygen atoms in total. The van der Waals surface area contributed by atoms with E-state index in [9.17, 15) is 5.11 Å². The number of hydrogen-bond donors (Lipinski definition) is 3. The number of piperidine rings is 1. The van der Waals surface area contributed by atoms with E-state index in [1.54, 1.807) is 7.11 Å². The molecule has 4 heteroatoms. The van der Waals surface area contributed by atoms with Crippen LogP contribution in [0.3, 0.4) is 0 Å². The average Bonchev–Trinajstić information content (AvgIpc) is 2.84. The van der Waals surface area contributed by atoms with Crippen LogP contribution in [0.1, 0.15) is 43.7 Å². The number of anilines is 1. The summed E-state index contributed by atoms with van der Waals surface area (Å²) in [6.45, 7) is 8.07. The van der Waals surface area contributed by atoms with Crippen LogP contribution in [0.25, 0.3) is 0 Å². The molecule has 0 amide bonds. The molecule has 166 valence electrons. The summed E-state index contributed by atoms with van der Waals surface area (Å²) in [6, 6.07) is 16.7. The Kier molecular flexibility index (Phi) is 6.68. The SMILES string of the molecule is C=CC(CC)C1CCN[C@H]([C@H](O)[C@]2(c3ccccc3)CCNc3ccc(OC)cc32)C1. The number of benzene rings is 2. The minimum atomic E-state index is -0.548. The Morgan fingerprint density at radius 2 is 2.03 bits per heavy atom. The normalized spacial score (nSPS) is 27.5. The van der Waals surface area contributed by atoms with Gasteiger partial charge in [-0.05, 0) is 73.4 Å². The maximum Gasteiger partial charge on any atom is 0.119 e. The second kappa shape index (κ2) is 9.46. The van der Waals surface area contributed by atoms with Crippen molar-refractivity contribution in [3.05, 3.63) is 72.3 Å². The van der Waals surface area contributed by atoms with Gasteiger partial charge in [0.1, 0.15) is 5.75 Å². The van der Waals surface area contributed by atoms with E-state index in [2.05, 4.69) is 66.6 Å². The van der Waals surface area contributed by atoms with E-state index in [1.165, 1.54) is 0 Å². The van der Waals surface area contributed by atoms with Crippen molar-refractivity contribution in [2.45, 2.75) is 50.2 Å². The van der Waals surface area contributed by atoms with Crippen molar-refractivity contribution in [2.75, 3.05) is 25.5 Å². The number of allylic oxidation sites excluding steroid dienone is 1. The molecule has 0 saturated carbocycles. The molecule has 1 saturated heterocycles. The molecule has 0 radical (unpaired) electrons. The molecule has 2 aromatic carbocycles. The van der Waals surface area contributed by atoms with Crippen molar-refractivity contribution in [3.8, 4) is 5.75 Å². The summed E-state index contributed by atoms with van der Waals surface area (Å²) >= 11 is 0. The fourth-order valence-electron chi connectivity index (χ4n) is 5.86. The average molecular weight is 421 g/mol. The van der Waals surface area contributed by atoms with Gasteiger partial charge in [-0.15, -0.1) is 6.58 Å². The molecule has 3 N–H and O–H groups in total. The second-order valence-corrected chi connectivity index (χ2v) is 9.02. The van der Waals surface area contributed by atoms with Crippen LogP contribution in [0.15, 0.2) is 61.2 Å². The van der Waals surface area contributed by atoms with Crippen LogP contribution in [-0.4, -0.2) is 37.5 Å². The van der Waals surface area contributed by atoms with Crippen molar-refractivity contribution >= 4 is 5.69 Å². The van der Waals surface area contributed by atoms with E-state index < -0.39 is 11.5 Å². The number of methoxy groups -OCH3 is 1. The predicted octanol–water partition coefficient (Wildman–Crippen LogP) is 4.74. The van der Waals surface area contributed by atoms with Gasteiger partial charge in [0.25, 0.3) is 0 Å². The number of ether oxygens (including phenoxy) is 1.